The van der Waals surface area contributed by atoms with Gasteiger partial charge < -0.3 is 5.11 Å². The van der Waals surface area contributed by atoms with E-state index in [1.165, 1.54) is 24.3 Å². The normalized spacial score (nSPS) is 10.6. The maximum atomic E-state index is 13.0. The Morgan fingerprint density at radius 3 is 1.33 bits per heavy atom. The van der Waals surface area contributed by atoms with Crippen molar-refractivity contribution in [2.75, 3.05) is 0 Å². The van der Waals surface area contributed by atoms with E-state index in [0.717, 1.165) is 11.1 Å². The van der Waals surface area contributed by atoms with Crippen LogP contribution in [-0.4, -0.2) is 5.11 Å². The largest absolute Gasteiger partial charge is 0.507 e. The molecule has 0 aromatic heterocycles. The summed E-state index contributed by atoms with van der Waals surface area (Å²) in [5.74, 6) is -0.559. The minimum atomic E-state index is -0.326. The zero-order valence-corrected chi connectivity index (χ0v) is 11.1. The lowest BCUT2D eigenvalue weighted by atomic mass is 9.97. The second-order valence-electron chi connectivity index (χ2n) is 4.72. The van der Waals surface area contributed by atoms with Crippen molar-refractivity contribution in [2.24, 2.45) is 0 Å². The van der Waals surface area contributed by atoms with Crippen LogP contribution in [0.1, 0.15) is 0 Å². The maximum Gasteiger partial charge on any atom is 0.131 e. The molecule has 1 nitrogen and oxygen atoms in total. The Morgan fingerprint density at radius 1 is 0.571 bits per heavy atom. The summed E-state index contributed by atoms with van der Waals surface area (Å²) in [4.78, 5) is 0. The third kappa shape index (κ3) is 2.63. The molecule has 104 valence electrons. The molecule has 3 aromatic rings. The third-order valence-electron chi connectivity index (χ3n) is 3.35. The molecular formula is C18H12F2O. The molecule has 0 aliphatic carbocycles. The summed E-state index contributed by atoms with van der Waals surface area (Å²) in [6, 6.07) is 17.1. The zero-order valence-electron chi connectivity index (χ0n) is 11.1. The van der Waals surface area contributed by atoms with Gasteiger partial charge in [-0.15, -0.1) is 0 Å². The van der Waals surface area contributed by atoms with Gasteiger partial charge in [-0.05, 0) is 35.4 Å². The quantitative estimate of drug-likeness (QED) is 0.701. The fourth-order valence-corrected chi connectivity index (χ4v) is 2.27. The Bertz CT molecular complexity index is 698. The summed E-state index contributed by atoms with van der Waals surface area (Å²) in [5, 5.41) is 10.4. The number of benzene rings is 3. The molecule has 0 aliphatic rings. The number of aromatic hydroxyl groups is 1. The van der Waals surface area contributed by atoms with Crippen molar-refractivity contribution >= 4 is 0 Å². The lowest BCUT2D eigenvalue weighted by Gasteiger charge is -2.10. The van der Waals surface area contributed by atoms with Crippen LogP contribution in [0.15, 0.2) is 66.7 Å². The minimum Gasteiger partial charge on any atom is -0.507 e. The van der Waals surface area contributed by atoms with E-state index in [9.17, 15) is 13.9 Å². The number of rotatable bonds is 2. The first-order chi connectivity index (χ1) is 10.1. The molecule has 0 bridgehead atoms. The standard InChI is InChI=1S/C18H12F2O/c19-14-8-4-12(5-9-14)16-2-1-3-17(18(16)21)13-6-10-15(20)11-7-13/h1-11,21H. The Kier molecular flexibility index (Phi) is 3.40. The predicted octanol–water partition coefficient (Wildman–Crippen LogP) is 5.00. The highest BCUT2D eigenvalue weighted by atomic mass is 19.1. The van der Waals surface area contributed by atoms with E-state index >= 15 is 0 Å². The van der Waals surface area contributed by atoms with Crippen LogP contribution >= 0.6 is 0 Å². The molecule has 3 aromatic carbocycles. The number of halogens is 2. The first-order valence-corrected chi connectivity index (χ1v) is 6.49. The molecule has 0 aliphatic heterocycles. The first-order valence-electron chi connectivity index (χ1n) is 6.49. The SMILES string of the molecule is Oc1c(-c2ccc(F)cc2)cccc1-c1ccc(F)cc1. The zero-order chi connectivity index (χ0) is 14.8. The van der Waals surface area contributed by atoms with E-state index in [1.807, 2.05) is 0 Å². The maximum absolute atomic E-state index is 13.0. The molecule has 3 rings (SSSR count). The van der Waals surface area contributed by atoms with E-state index in [1.54, 1.807) is 42.5 Å². The highest BCUT2D eigenvalue weighted by Gasteiger charge is 2.10. The van der Waals surface area contributed by atoms with Crippen molar-refractivity contribution in [2.45, 2.75) is 0 Å². The van der Waals surface area contributed by atoms with Gasteiger partial charge in [0.1, 0.15) is 17.4 Å². The van der Waals surface area contributed by atoms with Crippen molar-refractivity contribution in [1.82, 2.24) is 0 Å². The number of phenolic OH excluding ortho intramolecular Hbond substituents is 1. The van der Waals surface area contributed by atoms with Gasteiger partial charge in [-0.3, -0.25) is 0 Å². The summed E-state index contributed by atoms with van der Waals surface area (Å²) < 4.78 is 26.0. The van der Waals surface area contributed by atoms with Crippen molar-refractivity contribution < 1.29 is 13.9 Å². The topological polar surface area (TPSA) is 20.2 Å². The highest BCUT2D eigenvalue weighted by molar-refractivity contribution is 5.81. The van der Waals surface area contributed by atoms with Gasteiger partial charge in [0.15, 0.2) is 0 Å². The molecule has 0 radical (unpaired) electrons. The fourth-order valence-electron chi connectivity index (χ4n) is 2.27. The molecule has 0 amide bonds. The van der Waals surface area contributed by atoms with Crippen molar-refractivity contribution in [3.63, 3.8) is 0 Å². The van der Waals surface area contributed by atoms with Gasteiger partial charge >= 0.3 is 0 Å². The van der Waals surface area contributed by atoms with Gasteiger partial charge in [0.05, 0.1) is 0 Å². The van der Waals surface area contributed by atoms with E-state index in [4.69, 9.17) is 0 Å². The molecule has 0 heterocycles. The Balaban J connectivity index is 2.10. The molecule has 0 atom stereocenters. The smallest absolute Gasteiger partial charge is 0.131 e. The van der Waals surface area contributed by atoms with Crippen LogP contribution in [0.5, 0.6) is 5.75 Å². The van der Waals surface area contributed by atoms with Gasteiger partial charge in [-0.25, -0.2) is 8.78 Å². The molecule has 0 unspecified atom stereocenters. The molecule has 0 saturated heterocycles. The summed E-state index contributed by atoms with van der Waals surface area (Å²) in [5.41, 5.74) is 2.66. The molecule has 21 heavy (non-hydrogen) atoms. The average Bonchev–Trinajstić information content (AvgIpc) is 2.50. The second-order valence-corrected chi connectivity index (χ2v) is 4.72. The van der Waals surface area contributed by atoms with E-state index < -0.39 is 0 Å². The van der Waals surface area contributed by atoms with E-state index in [-0.39, 0.29) is 17.4 Å². The Morgan fingerprint density at radius 2 is 0.952 bits per heavy atom. The van der Waals surface area contributed by atoms with Crippen LogP contribution in [0.25, 0.3) is 22.3 Å². The monoisotopic (exact) mass is 282 g/mol. The van der Waals surface area contributed by atoms with Crippen LogP contribution in [0.4, 0.5) is 8.78 Å². The van der Waals surface area contributed by atoms with Crippen molar-refractivity contribution in [3.05, 3.63) is 78.4 Å². The van der Waals surface area contributed by atoms with Crippen LogP contribution in [-0.2, 0) is 0 Å². The number of phenols is 1. The molecule has 0 saturated carbocycles. The molecule has 1 N–H and O–H groups in total. The molecule has 3 heteroatoms. The van der Waals surface area contributed by atoms with Gasteiger partial charge in [0.2, 0.25) is 0 Å². The van der Waals surface area contributed by atoms with Gasteiger partial charge in [-0.2, -0.15) is 0 Å². The summed E-state index contributed by atoms with van der Waals surface area (Å²) in [6.07, 6.45) is 0. The molecule has 0 fully saturated rings. The van der Waals surface area contributed by atoms with Gasteiger partial charge in [0, 0.05) is 11.1 Å². The lowest BCUT2D eigenvalue weighted by molar-refractivity contribution is 0.479. The second kappa shape index (κ2) is 5.37. The number of para-hydroxylation sites is 1. The summed E-state index contributed by atoms with van der Waals surface area (Å²) in [7, 11) is 0. The van der Waals surface area contributed by atoms with Crippen molar-refractivity contribution in [1.29, 1.82) is 0 Å². The Hall–Kier alpha value is -2.68. The van der Waals surface area contributed by atoms with Crippen LogP contribution in [0, 0.1) is 11.6 Å². The van der Waals surface area contributed by atoms with Crippen molar-refractivity contribution in [3.8, 4) is 28.0 Å². The molecule has 0 spiro atoms. The van der Waals surface area contributed by atoms with Gasteiger partial charge in [-0.1, -0.05) is 42.5 Å². The summed E-state index contributed by atoms with van der Waals surface area (Å²) in [6.45, 7) is 0. The van der Waals surface area contributed by atoms with Gasteiger partial charge in [0.25, 0.3) is 0 Å². The van der Waals surface area contributed by atoms with Crippen LogP contribution < -0.4 is 0 Å². The van der Waals surface area contributed by atoms with E-state index in [0.29, 0.717) is 11.1 Å². The Labute approximate surface area is 121 Å². The highest BCUT2D eigenvalue weighted by Crippen LogP contribution is 2.37. The van der Waals surface area contributed by atoms with Crippen LogP contribution in [0.3, 0.4) is 0 Å². The fraction of sp³-hybridized carbons (Fsp3) is 0. The van der Waals surface area contributed by atoms with Crippen LogP contribution in [0.2, 0.25) is 0 Å². The first kappa shape index (κ1) is 13.3. The lowest BCUT2D eigenvalue weighted by Crippen LogP contribution is -1.85. The minimum absolute atomic E-state index is 0.0933. The third-order valence-corrected chi connectivity index (χ3v) is 3.35. The number of hydrogen-bond acceptors (Lipinski definition) is 1. The van der Waals surface area contributed by atoms with E-state index in [2.05, 4.69) is 0 Å². The predicted molar refractivity (Wildman–Crippen MR) is 78.9 cm³/mol. The average molecular weight is 282 g/mol. The number of hydrogen-bond donors (Lipinski definition) is 1. The molecular weight excluding hydrogens is 270 g/mol. The summed E-state index contributed by atoms with van der Waals surface area (Å²) >= 11 is 0.